The molecule has 128 valence electrons. The predicted octanol–water partition coefficient (Wildman–Crippen LogP) is 2.57. The summed E-state index contributed by atoms with van der Waals surface area (Å²) < 4.78 is 0. The Kier molecular flexibility index (Phi) is 5.63. The quantitative estimate of drug-likeness (QED) is 0.874. The van der Waals surface area contributed by atoms with Gasteiger partial charge in [0.15, 0.2) is 0 Å². The summed E-state index contributed by atoms with van der Waals surface area (Å²) in [5.74, 6) is 0.732. The lowest BCUT2D eigenvalue weighted by atomic mass is 10.1. The van der Waals surface area contributed by atoms with Gasteiger partial charge >= 0.3 is 6.03 Å². The molecule has 1 aliphatic rings. The summed E-state index contributed by atoms with van der Waals surface area (Å²) in [6.45, 7) is 4.39. The Bertz CT molecular complexity index is 660. The number of carbonyl (C=O) groups is 1. The molecule has 0 aromatic carbocycles. The van der Waals surface area contributed by atoms with Gasteiger partial charge in [0, 0.05) is 41.3 Å². The van der Waals surface area contributed by atoms with Gasteiger partial charge in [0.1, 0.15) is 0 Å². The summed E-state index contributed by atoms with van der Waals surface area (Å²) in [6, 6.07) is 6.03. The summed E-state index contributed by atoms with van der Waals surface area (Å²) in [4.78, 5) is 25.4. The first-order valence-electron chi connectivity index (χ1n) is 8.38. The standard InChI is InChI=1S/C17H23N5OS/c1-2-14-6-7-15(24-14)11-20-17(23)21-13-5-3-10-22(12-13)16-18-8-4-9-19-16/h4,6-9,13H,2-3,5,10-12H2,1H3,(H2,20,21,23). The van der Waals surface area contributed by atoms with Crippen molar-refractivity contribution >= 4 is 23.3 Å². The Morgan fingerprint density at radius 3 is 2.88 bits per heavy atom. The largest absolute Gasteiger partial charge is 0.339 e. The van der Waals surface area contributed by atoms with E-state index < -0.39 is 0 Å². The Labute approximate surface area is 146 Å². The fourth-order valence-electron chi connectivity index (χ4n) is 2.84. The number of nitrogens with zero attached hydrogens (tertiary/aromatic N) is 3. The van der Waals surface area contributed by atoms with Gasteiger partial charge in [-0.3, -0.25) is 0 Å². The van der Waals surface area contributed by atoms with E-state index in [-0.39, 0.29) is 12.1 Å². The molecule has 2 N–H and O–H groups in total. The molecule has 0 spiro atoms. The number of hydrogen-bond donors (Lipinski definition) is 2. The first-order chi connectivity index (χ1) is 11.7. The zero-order valence-electron chi connectivity index (χ0n) is 13.9. The molecule has 0 radical (unpaired) electrons. The van der Waals surface area contributed by atoms with Crippen LogP contribution in [0.15, 0.2) is 30.6 Å². The Balaban J connectivity index is 1.47. The minimum atomic E-state index is -0.109. The van der Waals surface area contributed by atoms with Gasteiger partial charge in [-0.15, -0.1) is 11.3 Å². The van der Waals surface area contributed by atoms with Crippen LogP contribution in [0.4, 0.5) is 10.7 Å². The molecule has 2 aromatic rings. The minimum Gasteiger partial charge on any atom is -0.339 e. The van der Waals surface area contributed by atoms with Crippen LogP contribution in [0, 0.1) is 0 Å². The lowest BCUT2D eigenvalue weighted by Crippen LogP contribution is -2.50. The van der Waals surface area contributed by atoms with E-state index in [0.717, 1.165) is 38.3 Å². The molecule has 1 atom stereocenters. The van der Waals surface area contributed by atoms with E-state index in [1.54, 1.807) is 23.7 Å². The highest BCUT2D eigenvalue weighted by Gasteiger charge is 2.22. The number of carbonyl (C=O) groups excluding carboxylic acids is 1. The fourth-order valence-corrected chi connectivity index (χ4v) is 3.74. The molecule has 24 heavy (non-hydrogen) atoms. The number of nitrogens with one attached hydrogen (secondary N) is 2. The number of rotatable bonds is 5. The Morgan fingerprint density at radius 1 is 1.33 bits per heavy atom. The van der Waals surface area contributed by atoms with Crippen molar-refractivity contribution in [1.29, 1.82) is 0 Å². The summed E-state index contributed by atoms with van der Waals surface area (Å²) >= 11 is 1.75. The van der Waals surface area contributed by atoms with Crippen LogP contribution in [-0.2, 0) is 13.0 Å². The molecule has 0 bridgehead atoms. The number of urea groups is 1. The molecule has 1 aliphatic heterocycles. The van der Waals surface area contributed by atoms with Gasteiger partial charge in [-0.2, -0.15) is 0 Å². The first-order valence-corrected chi connectivity index (χ1v) is 9.20. The van der Waals surface area contributed by atoms with Crippen LogP contribution in [0.1, 0.15) is 29.5 Å². The summed E-state index contributed by atoms with van der Waals surface area (Å²) in [6.07, 6.45) is 6.54. The van der Waals surface area contributed by atoms with E-state index in [1.165, 1.54) is 9.75 Å². The molecule has 1 unspecified atom stereocenters. The van der Waals surface area contributed by atoms with Crippen LogP contribution < -0.4 is 15.5 Å². The zero-order valence-corrected chi connectivity index (χ0v) is 14.7. The second kappa shape index (κ2) is 8.10. The van der Waals surface area contributed by atoms with Crippen LogP contribution in [0.3, 0.4) is 0 Å². The average Bonchev–Trinajstić information content (AvgIpc) is 3.09. The van der Waals surface area contributed by atoms with Crippen molar-refractivity contribution < 1.29 is 4.79 Å². The van der Waals surface area contributed by atoms with E-state index in [4.69, 9.17) is 0 Å². The molecule has 3 heterocycles. The van der Waals surface area contributed by atoms with E-state index in [9.17, 15) is 4.79 Å². The molecule has 2 aromatic heterocycles. The zero-order chi connectivity index (χ0) is 16.8. The predicted molar refractivity (Wildman–Crippen MR) is 96.3 cm³/mol. The van der Waals surface area contributed by atoms with E-state index in [1.807, 2.05) is 6.07 Å². The highest BCUT2D eigenvalue weighted by Crippen LogP contribution is 2.17. The topological polar surface area (TPSA) is 70.2 Å². The third kappa shape index (κ3) is 4.44. The van der Waals surface area contributed by atoms with Gasteiger partial charge in [0.2, 0.25) is 5.95 Å². The number of aryl methyl sites for hydroxylation is 1. The normalized spacial score (nSPS) is 17.5. The molecule has 3 rings (SSSR count). The van der Waals surface area contributed by atoms with E-state index in [2.05, 4.69) is 44.6 Å². The maximum Gasteiger partial charge on any atom is 0.315 e. The lowest BCUT2D eigenvalue weighted by molar-refractivity contribution is 0.234. The monoisotopic (exact) mass is 345 g/mol. The lowest BCUT2D eigenvalue weighted by Gasteiger charge is -2.33. The molecule has 6 nitrogen and oxygen atoms in total. The number of thiophene rings is 1. The van der Waals surface area contributed by atoms with Crippen molar-refractivity contribution in [3.8, 4) is 0 Å². The van der Waals surface area contributed by atoms with Crippen LogP contribution in [0.25, 0.3) is 0 Å². The summed E-state index contributed by atoms with van der Waals surface area (Å²) in [7, 11) is 0. The Morgan fingerprint density at radius 2 is 2.12 bits per heavy atom. The number of piperidine rings is 1. The second-order valence-corrected chi connectivity index (χ2v) is 7.14. The van der Waals surface area contributed by atoms with Gasteiger partial charge in [-0.1, -0.05) is 6.92 Å². The van der Waals surface area contributed by atoms with E-state index >= 15 is 0 Å². The minimum absolute atomic E-state index is 0.109. The molecule has 0 aliphatic carbocycles. The molecular weight excluding hydrogens is 322 g/mol. The molecule has 7 heteroatoms. The SMILES string of the molecule is CCc1ccc(CNC(=O)NC2CCCN(c3ncccn3)C2)s1. The number of aromatic nitrogens is 2. The fraction of sp³-hybridized carbons (Fsp3) is 0.471. The van der Waals surface area contributed by atoms with Gasteiger partial charge in [0.25, 0.3) is 0 Å². The Hall–Kier alpha value is -2.15. The maximum absolute atomic E-state index is 12.1. The van der Waals surface area contributed by atoms with Gasteiger partial charge < -0.3 is 15.5 Å². The summed E-state index contributed by atoms with van der Waals surface area (Å²) in [5, 5.41) is 6.02. The van der Waals surface area contributed by atoms with Gasteiger partial charge in [-0.25, -0.2) is 14.8 Å². The highest BCUT2D eigenvalue weighted by molar-refractivity contribution is 7.11. The van der Waals surface area contributed by atoms with Gasteiger partial charge in [0.05, 0.1) is 6.54 Å². The average molecular weight is 345 g/mol. The third-order valence-corrected chi connectivity index (χ3v) is 5.31. The second-order valence-electron chi connectivity index (χ2n) is 5.88. The highest BCUT2D eigenvalue weighted by atomic mass is 32.1. The van der Waals surface area contributed by atoms with Crippen molar-refractivity contribution in [2.45, 2.75) is 38.8 Å². The molecule has 1 fully saturated rings. The molecule has 1 saturated heterocycles. The van der Waals surface area contributed by atoms with Gasteiger partial charge in [-0.05, 0) is 37.5 Å². The van der Waals surface area contributed by atoms with Crippen molar-refractivity contribution in [1.82, 2.24) is 20.6 Å². The van der Waals surface area contributed by atoms with Crippen LogP contribution in [0.5, 0.6) is 0 Å². The summed E-state index contributed by atoms with van der Waals surface area (Å²) in [5.41, 5.74) is 0. The molecular formula is C17H23N5OS. The van der Waals surface area contributed by atoms with Crippen molar-refractivity contribution in [3.05, 3.63) is 40.3 Å². The molecule has 0 saturated carbocycles. The van der Waals surface area contributed by atoms with Crippen molar-refractivity contribution in [2.24, 2.45) is 0 Å². The van der Waals surface area contributed by atoms with Crippen molar-refractivity contribution in [2.75, 3.05) is 18.0 Å². The smallest absolute Gasteiger partial charge is 0.315 e. The maximum atomic E-state index is 12.1. The van der Waals surface area contributed by atoms with Crippen molar-refractivity contribution in [3.63, 3.8) is 0 Å². The molecule has 2 amide bonds. The van der Waals surface area contributed by atoms with Crippen LogP contribution in [0.2, 0.25) is 0 Å². The number of amides is 2. The first kappa shape index (κ1) is 16.7. The third-order valence-electron chi connectivity index (χ3n) is 4.08. The van der Waals surface area contributed by atoms with Crippen LogP contribution in [-0.4, -0.2) is 35.1 Å². The number of anilines is 1. The van der Waals surface area contributed by atoms with Crippen LogP contribution >= 0.6 is 11.3 Å². The number of hydrogen-bond acceptors (Lipinski definition) is 5. The van der Waals surface area contributed by atoms with E-state index in [0.29, 0.717) is 6.54 Å².